The number of aryl methyl sites for hydroxylation is 1. The summed E-state index contributed by atoms with van der Waals surface area (Å²) in [6.45, 7) is 1.79. The number of hydrogen-bond acceptors (Lipinski definition) is 4. The first-order valence-corrected chi connectivity index (χ1v) is 6.39. The highest BCUT2D eigenvalue weighted by atomic mass is 35.5. The maximum Gasteiger partial charge on any atom is 0.329 e. The minimum Gasteiger partial charge on any atom is -0.460 e. The molecule has 0 spiro atoms. The zero-order chi connectivity index (χ0) is 15.2. The molecule has 0 saturated heterocycles. The number of furan rings is 1. The number of amides is 2. The van der Waals surface area contributed by atoms with Crippen molar-refractivity contribution in [2.45, 2.75) is 6.92 Å². The Kier molecular flexibility index (Phi) is 4.73. The Labute approximate surface area is 125 Å². The Balaban J connectivity index is 1.88. The third-order valence-corrected chi connectivity index (χ3v) is 2.64. The molecule has 0 saturated carbocycles. The highest BCUT2D eigenvalue weighted by Crippen LogP contribution is 2.14. The molecule has 0 fully saturated rings. The molecule has 0 aliphatic carbocycles. The van der Waals surface area contributed by atoms with Gasteiger partial charge >= 0.3 is 11.8 Å². The van der Waals surface area contributed by atoms with Crippen LogP contribution in [0.25, 0.3) is 0 Å². The Bertz CT molecular complexity index is 694. The van der Waals surface area contributed by atoms with Gasteiger partial charge in [-0.15, -0.1) is 0 Å². The number of benzene rings is 1. The molecule has 1 aromatic carbocycles. The minimum absolute atomic E-state index is 0.424. The number of halogens is 1. The average Bonchev–Trinajstić information content (AvgIpc) is 2.84. The summed E-state index contributed by atoms with van der Waals surface area (Å²) < 4.78 is 5.22. The van der Waals surface area contributed by atoms with Gasteiger partial charge in [0.25, 0.3) is 0 Å². The van der Waals surface area contributed by atoms with E-state index in [1.165, 1.54) is 12.3 Å². The third kappa shape index (κ3) is 4.47. The van der Waals surface area contributed by atoms with Gasteiger partial charge < -0.3 is 9.73 Å². The van der Waals surface area contributed by atoms with Gasteiger partial charge in [-0.2, -0.15) is 5.10 Å². The van der Waals surface area contributed by atoms with Crippen molar-refractivity contribution in [3.8, 4) is 0 Å². The molecule has 6 nitrogen and oxygen atoms in total. The van der Waals surface area contributed by atoms with Gasteiger partial charge in [0.05, 0.1) is 6.21 Å². The van der Waals surface area contributed by atoms with Crippen molar-refractivity contribution in [1.29, 1.82) is 0 Å². The standard InChI is InChI=1S/C14H12ClN3O3/c1-9-5-6-12(21-9)8-16-18-14(20)13(19)17-11-4-2-3-10(15)7-11/h2-8H,1H3,(H,17,19)(H,18,20). The van der Waals surface area contributed by atoms with Crippen molar-refractivity contribution in [2.75, 3.05) is 5.32 Å². The lowest BCUT2D eigenvalue weighted by Crippen LogP contribution is -2.32. The zero-order valence-corrected chi connectivity index (χ0v) is 11.8. The van der Waals surface area contributed by atoms with E-state index in [1.807, 2.05) is 0 Å². The van der Waals surface area contributed by atoms with E-state index < -0.39 is 11.8 Å². The van der Waals surface area contributed by atoms with Crippen LogP contribution in [0.4, 0.5) is 5.69 Å². The Morgan fingerprint density at radius 1 is 1.24 bits per heavy atom. The second kappa shape index (κ2) is 6.71. The highest BCUT2D eigenvalue weighted by molar-refractivity contribution is 6.39. The molecule has 0 unspecified atom stereocenters. The molecule has 21 heavy (non-hydrogen) atoms. The number of nitrogens with one attached hydrogen (secondary N) is 2. The molecule has 0 bridgehead atoms. The maximum absolute atomic E-state index is 11.6. The third-order valence-electron chi connectivity index (χ3n) is 2.41. The normalized spacial score (nSPS) is 10.6. The molecule has 2 rings (SSSR count). The predicted molar refractivity (Wildman–Crippen MR) is 79.3 cm³/mol. The molecule has 1 heterocycles. The number of carbonyl (C=O) groups excluding carboxylic acids is 2. The van der Waals surface area contributed by atoms with Gasteiger partial charge in [0.1, 0.15) is 11.5 Å². The van der Waals surface area contributed by atoms with E-state index in [-0.39, 0.29) is 0 Å². The molecule has 0 aliphatic heterocycles. The topological polar surface area (TPSA) is 83.7 Å². The summed E-state index contributed by atoms with van der Waals surface area (Å²) >= 11 is 5.78. The zero-order valence-electron chi connectivity index (χ0n) is 11.1. The first-order chi connectivity index (χ1) is 10.0. The van der Waals surface area contributed by atoms with E-state index in [2.05, 4.69) is 15.8 Å². The molecule has 1 aromatic heterocycles. The van der Waals surface area contributed by atoms with Crippen molar-refractivity contribution in [1.82, 2.24) is 5.43 Å². The van der Waals surface area contributed by atoms with Crippen LogP contribution in [0.2, 0.25) is 5.02 Å². The fourth-order valence-electron chi connectivity index (χ4n) is 1.48. The number of hydrogen-bond donors (Lipinski definition) is 2. The highest BCUT2D eigenvalue weighted by Gasteiger charge is 2.12. The molecule has 2 amide bonds. The lowest BCUT2D eigenvalue weighted by atomic mass is 10.3. The van der Waals surface area contributed by atoms with Gasteiger partial charge in [0.15, 0.2) is 0 Å². The van der Waals surface area contributed by atoms with E-state index in [0.29, 0.717) is 16.5 Å². The summed E-state index contributed by atoms with van der Waals surface area (Å²) in [5.74, 6) is -0.538. The molecule has 0 aliphatic rings. The van der Waals surface area contributed by atoms with E-state index in [1.54, 1.807) is 37.3 Å². The number of hydrazone groups is 1. The van der Waals surface area contributed by atoms with Gasteiger partial charge in [0, 0.05) is 10.7 Å². The van der Waals surface area contributed by atoms with Crippen LogP contribution in [0.1, 0.15) is 11.5 Å². The lowest BCUT2D eigenvalue weighted by Gasteiger charge is -2.03. The monoisotopic (exact) mass is 305 g/mol. The van der Waals surface area contributed by atoms with Crippen LogP contribution in [0.5, 0.6) is 0 Å². The second-order valence-electron chi connectivity index (χ2n) is 4.11. The van der Waals surface area contributed by atoms with Crippen molar-refractivity contribution in [2.24, 2.45) is 5.10 Å². The van der Waals surface area contributed by atoms with Crippen LogP contribution < -0.4 is 10.7 Å². The van der Waals surface area contributed by atoms with Crippen molar-refractivity contribution >= 4 is 35.3 Å². The van der Waals surface area contributed by atoms with Crippen LogP contribution in [0, 0.1) is 6.92 Å². The first kappa shape index (κ1) is 14.8. The number of rotatable bonds is 3. The Hall–Kier alpha value is -2.60. The van der Waals surface area contributed by atoms with Crippen LogP contribution in [-0.4, -0.2) is 18.0 Å². The number of anilines is 1. The molecule has 2 aromatic rings. The van der Waals surface area contributed by atoms with Crippen LogP contribution in [-0.2, 0) is 9.59 Å². The van der Waals surface area contributed by atoms with Gasteiger partial charge in [-0.05, 0) is 37.3 Å². The minimum atomic E-state index is -0.894. The van der Waals surface area contributed by atoms with Gasteiger partial charge in [-0.3, -0.25) is 9.59 Å². The van der Waals surface area contributed by atoms with E-state index >= 15 is 0 Å². The van der Waals surface area contributed by atoms with Gasteiger partial charge in [-0.1, -0.05) is 17.7 Å². The summed E-state index contributed by atoms with van der Waals surface area (Å²) in [5, 5.41) is 6.49. The predicted octanol–water partition coefficient (Wildman–Crippen LogP) is 2.33. The van der Waals surface area contributed by atoms with E-state index in [9.17, 15) is 9.59 Å². The second-order valence-corrected chi connectivity index (χ2v) is 4.55. The van der Waals surface area contributed by atoms with Crippen molar-refractivity contribution < 1.29 is 14.0 Å². The first-order valence-electron chi connectivity index (χ1n) is 6.01. The molecule has 0 atom stereocenters. The van der Waals surface area contributed by atoms with Crippen LogP contribution in [0.15, 0.2) is 45.9 Å². The Morgan fingerprint density at radius 3 is 2.71 bits per heavy atom. The van der Waals surface area contributed by atoms with Crippen LogP contribution in [0.3, 0.4) is 0 Å². The number of nitrogens with zero attached hydrogens (tertiary/aromatic N) is 1. The van der Waals surface area contributed by atoms with Gasteiger partial charge in [0.2, 0.25) is 0 Å². The van der Waals surface area contributed by atoms with Gasteiger partial charge in [-0.25, -0.2) is 5.43 Å². The summed E-state index contributed by atoms with van der Waals surface area (Å²) in [5.41, 5.74) is 2.52. The quantitative estimate of drug-likeness (QED) is 0.518. The largest absolute Gasteiger partial charge is 0.460 e. The maximum atomic E-state index is 11.6. The van der Waals surface area contributed by atoms with E-state index in [4.69, 9.17) is 16.0 Å². The molecular formula is C14H12ClN3O3. The number of carbonyl (C=O) groups is 2. The molecule has 7 heteroatoms. The molecular weight excluding hydrogens is 294 g/mol. The Morgan fingerprint density at radius 2 is 2.05 bits per heavy atom. The smallest absolute Gasteiger partial charge is 0.329 e. The van der Waals surface area contributed by atoms with E-state index in [0.717, 1.165) is 5.76 Å². The van der Waals surface area contributed by atoms with Crippen LogP contribution >= 0.6 is 11.6 Å². The average molecular weight is 306 g/mol. The lowest BCUT2D eigenvalue weighted by molar-refractivity contribution is -0.136. The molecule has 2 N–H and O–H groups in total. The van der Waals surface area contributed by atoms with Crippen molar-refractivity contribution in [3.05, 3.63) is 52.9 Å². The van der Waals surface area contributed by atoms with Crippen molar-refractivity contribution in [3.63, 3.8) is 0 Å². The summed E-state index contributed by atoms with van der Waals surface area (Å²) in [6, 6.07) is 9.92. The SMILES string of the molecule is Cc1ccc(C=NNC(=O)C(=O)Nc2cccc(Cl)c2)o1. The molecule has 108 valence electrons. The summed E-state index contributed by atoms with van der Waals surface area (Å²) in [7, 11) is 0. The fraction of sp³-hybridized carbons (Fsp3) is 0.0714. The summed E-state index contributed by atoms with van der Waals surface area (Å²) in [4.78, 5) is 23.1. The molecule has 0 radical (unpaired) electrons. The fourth-order valence-corrected chi connectivity index (χ4v) is 1.67. The summed E-state index contributed by atoms with van der Waals surface area (Å²) in [6.07, 6.45) is 1.30.